The monoisotopic (exact) mass is 326 g/mol. The zero-order chi connectivity index (χ0) is 16.6. The summed E-state index contributed by atoms with van der Waals surface area (Å²) < 4.78 is 1.61. The van der Waals surface area contributed by atoms with E-state index in [1.54, 1.807) is 28.8 Å². The molecule has 0 fully saturated rings. The first-order valence-corrected chi connectivity index (χ1v) is 7.54. The molecule has 3 aromatic rings. The molecule has 0 bridgehead atoms. The van der Waals surface area contributed by atoms with Crippen molar-refractivity contribution in [3.05, 3.63) is 64.8 Å². The summed E-state index contributed by atoms with van der Waals surface area (Å²) in [6.45, 7) is 3.27. The molecule has 116 valence electrons. The predicted octanol–water partition coefficient (Wildman–Crippen LogP) is 4.25. The maximum atomic E-state index is 12.9. The fourth-order valence-electron chi connectivity index (χ4n) is 2.68. The van der Waals surface area contributed by atoms with Crippen LogP contribution in [0.15, 0.2) is 48.5 Å². The molecule has 5 heteroatoms. The van der Waals surface area contributed by atoms with Gasteiger partial charge in [0.1, 0.15) is 0 Å². The molecule has 0 atom stereocenters. The predicted molar refractivity (Wildman–Crippen MR) is 92.2 cm³/mol. The van der Waals surface area contributed by atoms with Gasteiger partial charge < -0.3 is 5.32 Å². The average molecular weight is 327 g/mol. The molecule has 2 aromatic carbocycles. The second kappa shape index (κ2) is 5.89. The Morgan fingerprint density at radius 2 is 1.70 bits per heavy atom. The molecular weight excluding hydrogens is 312 g/mol. The van der Waals surface area contributed by atoms with Gasteiger partial charge >= 0.3 is 0 Å². The molecule has 0 spiro atoms. The van der Waals surface area contributed by atoms with Gasteiger partial charge in [-0.25, -0.2) is 0 Å². The summed E-state index contributed by atoms with van der Waals surface area (Å²) in [4.78, 5) is 24.4. The van der Waals surface area contributed by atoms with E-state index < -0.39 is 0 Å². The van der Waals surface area contributed by atoms with E-state index in [2.05, 4.69) is 5.32 Å². The number of aromatic nitrogens is 1. The number of nitrogens with one attached hydrogen (secondary N) is 1. The van der Waals surface area contributed by atoms with Gasteiger partial charge in [0.05, 0.1) is 11.2 Å². The van der Waals surface area contributed by atoms with E-state index in [1.165, 1.54) is 6.92 Å². The lowest BCUT2D eigenvalue weighted by atomic mass is 10.2. The summed E-state index contributed by atoms with van der Waals surface area (Å²) in [5.74, 6) is -0.332. The average Bonchev–Trinajstić information content (AvgIpc) is 2.80. The van der Waals surface area contributed by atoms with E-state index in [4.69, 9.17) is 11.6 Å². The van der Waals surface area contributed by atoms with Crippen LogP contribution in [0.3, 0.4) is 0 Å². The van der Waals surface area contributed by atoms with Gasteiger partial charge in [0.25, 0.3) is 5.91 Å². The summed E-state index contributed by atoms with van der Waals surface area (Å²) in [7, 11) is 0. The van der Waals surface area contributed by atoms with Crippen LogP contribution in [0.25, 0.3) is 10.9 Å². The van der Waals surface area contributed by atoms with Crippen LogP contribution in [0.2, 0.25) is 5.02 Å². The van der Waals surface area contributed by atoms with E-state index in [9.17, 15) is 9.59 Å². The molecule has 0 saturated heterocycles. The number of amides is 1. The Kier molecular flexibility index (Phi) is 3.92. The van der Waals surface area contributed by atoms with Crippen LogP contribution in [-0.2, 0) is 4.79 Å². The van der Waals surface area contributed by atoms with Gasteiger partial charge in [-0.05, 0) is 37.3 Å². The van der Waals surface area contributed by atoms with Gasteiger partial charge in [0.2, 0.25) is 5.91 Å². The van der Waals surface area contributed by atoms with Crippen LogP contribution in [-0.4, -0.2) is 16.4 Å². The zero-order valence-electron chi connectivity index (χ0n) is 12.8. The van der Waals surface area contributed by atoms with Gasteiger partial charge in [0, 0.05) is 28.6 Å². The minimum atomic E-state index is -0.171. The zero-order valence-corrected chi connectivity index (χ0v) is 13.5. The Balaban J connectivity index is 2.21. The lowest BCUT2D eigenvalue weighted by Gasteiger charge is -2.08. The van der Waals surface area contributed by atoms with Crippen molar-refractivity contribution in [3.63, 3.8) is 0 Å². The molecule has 0 aliphatic carbocycles. The standard InChI is InChI=1S/C18H15ClN2O2/c1-11-17(20-12(2)22)15-5-3-4-6-16(15)21(11)18(23)13-7-9-14(19)10-8-13/h3-10H,1-2H3,(H,20,22). The lowest BCUT2D eigenvalue weighted by molar-refractivity contribution is -0.114. The normalized spacial score (nSPS) is 10.7. The number of para-hydroxylation sites is 1. The first-order valence-electron chi connectivity index (χ1n) is 7.17. The number of hydrogen-bond donors (Lipinski definition) is 1. The number of fused-ring (bicyclic) bond motifs is 1. The highest BCUT2D eigenvalue weighted by Crippen LogP contribution is 2.31. The van der Waals surface area contributed by atoms with Crippen molar-refractivity contribution in [1.29, 1.82) is 0 Å². The van der Waals surface area contributed by atoms with Gasteiger partial charge in [-0.2, -0.15) is 0 Å². The summed E-state index contributed by atoms with van der Waals surface area (Å²) in [6.07, 6.45) is 0. The summed E-state index contributed by atoms with van der Waals surface area (Å²) >= 11 is 5.88. The van der Waals surface area contributed by atoms with E-state index >= 15 is 0 Å². The minimum absolute atomic E-state index is 0.160. The van der Waals surface area contributed by atoms with E-state index in [-0.39, 0.29) is 11.8 Å². The van der Waals surface area contributed by atoms with Crippen molar-refractivity contribution in [2.75, 3.05) is 5.32 Å². The number of halogens is 1. The van der Waals surface area contributed by atoms with Crippen LogP contribution in [0.1, 0.15) is 23.0 Å². The van der Waals surface area contributed by atoms with E-state index in [0.29, 0.717) is 22.0 Å². The third-order valence-corrected chi connectivity index (χ3v) is 3.96. The number of carbonyl (C=O) groups excluding carboxylic acids is 2. The van der Waals surface area contributed by atoms with Crippen LogP contribution in [0, 0.1) is 6.92 Å². The third kappa shape index (κ3) is 2.73. The fraction of sp³-hybridized carbons (Fsp3) is 0.111. The number of nitrogens with zero attached hydrogens (tertiary/aromatic N) is 1. The Morgan fingerprint density at radius 3 is 2.35 bits per heavy atom. The number of carbonyl (C=O) groups is 2. The molecule has 0 saturated carbocycles. The van der Waals surface area contributed by atoms with Gasteiger partial charge in [-0.1, -0.05) is 29.8 Å². The largest absolute Gasteiger partial charge is 0.324 e. The van der Waals surface area contributed by atoms with Gasteiger partial charge in [-0.3, -0.25) is 14.2 Å². The lowest BCUT2D eigenvalue weighted by Crippen LogP contribution is -2.14. The first kappa shape index (κ1) is 15.3. The highest BCUT2D eigenvalue weighted by atomic mass is 35.5. The third-order valence-electron chi connectivity index (χ3n) is 3.71. The van der Waals surface area contributed by atoms with Crippen molar-refractivity contribution in [2.24, 2.45) is 0 Å². The summed E-state index contributed by atoms with van der Waals surface area (Å²) in [5.41, 5.74) is 2.65. The molecule has 0 aliphatic heterocycles. The number of anilines is 1. The Labute approximate surface area is 138 Å². The SMILES string of the molecule is CC(=O)Nc1c(C)n(C(=O)c2ccc(Cl)cc2)c2ccccc12. The molecule has 1 N–H and O–H groups in total. The molecule has 0 unspecified atom stereocenters. The molecule has 4 nitrogen and oxygen atoms in total. The summed E-state index contributed by atoms with van der Waals surface area (Å²) in [5, 5.41) is 4.23. The second-order valence-electron chi connectivity index (χ2n) is 5.31. The molecule has 0 aliphatic rings. The maximum Gasteiger partial charge on any atom is 0.262 e. The van der Waals surface area contributed by atoms with E-state index in [0.717, 1.165) is 10.9 Å². The topological polar surface area (TPSA) is 51.1 Å². The second-order valence-corrected chi connectivity index (χ2v) is 5.74. The molecule has 0 radical (unpaired) electrons. The number of benzene rings is 2. The molecule has 3 rings (SSSR count). The Hall–Kier alpha value is -2.59. The maximum absolute atomic E-state index is 12.9. The van der Waals surface area contributed by atoms with Crippen LogP contribution < -0.4 is 5.32 Å². The molecular formula is C18H15ClN2O2. The Morgan fingerprint density at radius 1 is 1.04 bits per heavy atom. The first-order chi connectivity index (χ1) is 11.0. The van der Waals surface area contributed by atoms with Gasteiger partial charge in [0.15, 0.2) is 0 Å². The number of rotatable bonds is 2. The van der Waals surface area contributed by atoms with Crippen LogP contribution >= 0.6 is 11.6 Å². The molecule has 1 amide bonds. The van der Waals surface area contributed by atoms with Gasteiger partial charge in [-0.15, -0.1) is 0 Å². The van der Waals surface area contributed by atoms with E-state index in [1.807, 2.05) is 31.2 Å². The van der Waals surface area contributed by atoms with Crippen LogP contribution in [0.5, 0.6) is 0 Å². The van der Waals surface area contributed by atoms with Crippen molar-refractivity contribution in [2.45, 2.75) is 13.8 Å². The van der Waals surface area contributed by atoms with Crippen molar-refractivity contribution in [1.82, 2.24) is 4.57 Å². The minimum Gasteiger partial charge on any atom is -0.324 e. The van der Waals surface area contributed by atoms with Crippen molar-refractivity contribution < 1.29 is 9.59 Å². The summed E-state index contributed by atoms with van der Waals surface area (Å²) in [6, 6.07) is 14.2. The Bertz CT molecular complexity index is 911. The highest BCUT2D eigenvalue weighted by molar-refractivity contribution is 6.30. The smallest absolute Gasteiger partial charge is 0.262 e. The highest BCUT2D eigenvalue weighted by Gasteiger charge is 2.20. The quantitative estimate of drug-likeness (QED) is 0.765. The molecule has 1 heterocycles. The number of hydrogen-bond acceptors (Lipinski definition) is 2. The molecule has 23 heavy (non-hydrogen) atoms. The van der Waals surface area contributed by atoms with Crippen molar-refractivity contribution in [3.8, 4) is 0 Å². The molecule has 1 aromatic heterocycles. The van der Waals surface area contributed by atoms with Crippen molar-refractivity contribution >= 4 is 40.0 Å². The van der Waals surface area contributed by atoms with Crippen LogP contribution in [0.4, 0.5) is 5.69 Å². The fourth-order valence-corrected chi connectivity index (χ4v) is 2.81.